The van der Waals surface area contributed by atoms with Gasteiger partial charge in [0.25, 0.3) is 5.91 Å². The van der Waals surface area contributed by atoms with Crippen LogP contribution in [0.25, 0.3) is 0 Å². The van der Waals surface area contributed by atoms with Crippen molar-refractivity contribution in [3.8, 4) is 5.75 Å². The molecule has 1 heterocycles. The molecule has 0 fully saturated rings. The van der Waals surface area contributed by atoms with Crippen LogP contribution in [0.1, 0.15) is 17.4 Å². The predicted octanol–water partition coefficient (Wildman–Crippen LogP) is 1.86. The lowest BCUT2D eigenvalue weighted by molar-refractivity contribution is -0.123. The number of rotatable bonds is 5. The molecule has 0 saturated carbocycles. The zero-order valence-corrected chi connectivity index (χ0v) is 12.8. The third-order valence-electron chi connectivity index (χ3n) is 3.01. The van der Waals surface area contributed by atoms with Crippen molar-refractivity contribution >= 4 is 23.3 Å². The number of amides is 1. The zero-order valence-electron chi connectivity index (χ0n) is 12.8. The Morgan fingerprint density at radius 1 is 1.17 bits per heavy atom. The molecule has 0 radical (unpaired) electrons. The maximum Gasteiger partial charge on any atom is 0.357 e. The molecule has 0 aliphatic heterocycles. The average Bonchev–Trinajstić information content (AvgIpc) is 2.56. The first-order valence-corrected chi connectivity index (χ1v) is 6.87. The number of esters is 1. The highest BCUT2D eigenvalue weighted by molar-refractivity contribution is 5.96. The Morgan fingerprint density at radius 2 is 1.87 bits per heavy atom. The average molecular weight is 315 g/mol. The summed E-state index contributed by atoms with van der Waals surface area (Å²) >= 11 is 0. The number of nitrogen functional groups attached to an aromatic ring is 1. The van der Waals surface area contributed by atoms with Crippen LogP contribution < -0.4 is 15.8 Å². The van der Waals surface area contributed by atoms with E-state index in [9.17, 15) is 9.59 Å². The van der Waals surface area contributed by atoms with Gasteiger partial charge in [0.05, 0.1) is 19.0 Å². The highest BCUT2D eigenvalue weighted by Crippen LogP contribution is 2.15. The van der Waals surface area contributed by atoms with Crippen LogP contribution in [-0.4, -0.2) is 30.1 Å². The first-order chi connectivity index (χ1) is 11.0. The van der Waals surface area contributed by atoms with Gasteiger partial charge in [-0.25, -0.2) is 9.78 Å². The van der Waals surface area contributed by atoms with Gasteiger partial charge in [-0.1, -0.05) is 0 Å². The molecule has 3 N–H and O–H groups in total. The van der Waals surface area contributed by atoms with Crippen LogP contribution in [0, 0.1) is 0 Å². The number of nitrogens with one attached hydrogen (secondary N) is 1. The van der Waals surface area contributed by atoms with Gasteiger partial charge in [-0.15, -0.1) is 0 Å². The van der Waals surface area contributed by atoms with E-state index in [4.69, 9.17) is 15.2 Å². The van der Waals surface area contributed by atoms with Crippen molar-refractivity contribution in [1.82, 2.24) is 4.98 Å². The number of carbonyl (C=O) groups is 2. The minimum Gasteiger partial charge on any atom is -0.497 e. The Bertz CT molecular complexity index is 683. The number of pyridine rings is 1. The van der Waals surface area contributed by atoms with Gasteiger partial charge in [0.15, 0.2) is 6.10 Å². The summed E-state index contributed by atoms with van der Waals surface area (Å²) in [6.45, 7) is 1.48. The molecule has 2 rings (SSSR count). The molecule has 1 aromatic heterocycles. The second-order valence-corrected chi connectivity index (χ2v) is 4.74. The van der Waals surface area contributed by atoms with Crippen molar-refractivity contribution in [2.24, 2.45) is 0 Å². The highest BCUT2D eigenvalue weighted by atomic mass is 16.5. The molecule has 1 atom stereocenters. The quantitative estimate of drug-likeness (QED) is 0.816. The summed E-state index contributed by atoms with van der Waals surface area (Å²) in [4.78, 5) is 27.8. The second-order valence-electron chi connectivity index (χ2n) is 4.74. The van der Waals surface area contributed by atoms with E-state index in [2.05, 4.69) is 10.3 Å². The highest BCUT2D eigenvalue weighted by Gasteiger charge is 2.19. The van der Waals surface area contributed by atoms with E-state index in [1.165, 1.54) is 25.3 Å². The maximum absolute atomic E-state index is 12.0. The topological polar surface area (TPSA) is 104 Å². The van der Waals surface area contributed by atoms with Crippen molar-refractivity contribution in [3.63, 3.8) is 0 Å². The SMILES string of the molecule is COc1ccc(NC(=O)C(C)OC(=O)c2ccc(N)cn2)cc1. The fourth-order valence-corrected chi connectivity index (χ4v) is 1.72. The number of nitrogens with two attached hydrogens (primary N) is 1. The van der Waals surface area contributed by atoms with Crippen LogP contribution in [0.4, 0.5) is 11.4 Å². The van der Waals surface area contributed by atoms with Crippen LogP contribution in [0.15, 0.2) is 42.6 Å². The summed E-state index contributed by atoms with van der Waals surface area (Å²) in [5, 5.41) is 2.65. The van der Waals surface area contributed by atoms with Crippen molar-refractivity contribution < 1.29 is 19.1 Å². The first kappa shape index (κ1) is 16.3. The van der Waals surface area contributed by atoms with Crippen LogP contribution in [0.2, 0.25) is 0 Å². The van der Waals surface area contributed by atoms with E-state index in [0.717, 1.165) is 0 Å². The van der Waals surface area contributed by atoms with Gasteiger partial charge in [-0.05, 0) is 43.3 Å². The smallest absolute Gasteiger partial charge is 0.357 e. The molecule has 23 heavy (non-hydrogen) atoms. The standard InChI is InChI=1S/C16H17N3O4/c1-10(23-16(21)14-8-3-11(17)9-18-14)15(20)19-12-4-6-13(22-2)7-5-12/h3-10H,17H2,1-2H3,(H,19,20). The third-order valence-corrected chi connectivity index (χ3v) is 3.01. The van der Waals surface area contributed by atoms with Crippen LogP contribution in [-0.2, 0) is 9.53 Å². The van der Waals surface area contributed by atoms with Gasteiger partial charge in [0.2, 0.25) is 0 Å². The van der Waals surface area contributed by atoms with Gasteiger partial charge < -0.3 is 20.5 Å². The molecule has 1 aromatic carbocycles. The first-order valence-electron chi connectivity index (χ1n) is 6.87. The van der Waals surface area contributed by atoms with E-state index >= 15 is 0 Å². The number of benzene rings is 1. The number of hydrogen-bond donors (Lipinski definition) is 2. The Morgan fingerprint density at radius 3 is 2.43 bits per heavy atom. The summed E-state index contributed by atoms with van der Waals surface area (Å²) in [7, 11) is 1.56. The molecule has 120 valence electrons. The molecule has 0 spiro atoms. The number of carbonyl (C=O) groups excluding carboxylic acids is 2. The third kappa shape index (κ3) is 4.44. The molecular weight excluding hydrogens is 298 g/mol. The minimum absolute atomic E-state index is 0.0864. The van der Waals surface area contributed by atoms with Gasteiger partial charge in [0.1, 0.15) is 11.4 Å². The Kier molecular flexibility index (Phi) is 5.14. The van der Waals surface area contributed by atoms with Crippen LogP contribution in [0.3, 0.4) is 0 Å². The van der Waals surface area contributed by atoms with Gasteiger partial charge in [-0.3, -0.25) is 4.79 Å². The minimum atomic E-state index is -0.969. The molecule has 0 aliphatic rings. The van der Waals surface area contributed by atoms with E-state index in [-0.39, 0.29) is 5.69 Å². The van der Waals surface area contributed by atoms with E-state index < -0.39 is 18.0 Å². The molecule has 0 aliphatic carbocycles. The van der Waals surface area contributed by atoms with Crippen molar-refractivity contribution in [1.29, 1.82) is 0 Å². The molecule has 0 bridgehead atoms. The number of aromatic nitrogens is 1. The Balaban J connectivity index is 1.93. The summed E-state index contributed by atoms with van der Waals surface area (Å²) in [5.41, 5.74) is 6.59. The van der Waals surface area contributed by atoms with Gasteiger partial charge in [0, 0.05) is 5.69 Å². The number of methoxy groups -OCH3 is 1. The molecular formula is C16H17N3O4. The van der Waals surface area contributed by atoms with Crippen LogP contribution >= 0.6 is 0 Å². The summed E-state index contributed by atoms with van der Waals surface area (Å²) < 4.78 is 10.1. The molecule has 2 aromatic rings. The summed E-state index contributed by atoms with van der Waals surface area (Å²) in [6, 6.07) is 9.77. The van der Waals surface area contributed by atoms with E-state index in [1.807, 2.05) is 0 Å². The Labute approximate surface area is 133 Å². The van der Waals surface area contributed by atoms with Crippen molar-refractivity contribution in [2.75, 3.05) is 18.2 Å². The van der Waals surface area contributed by atoms with E-state index in [0.29, 0.717) is 17.1 Å². The lowest BCUT2D eigenvalue weighted by Crippen LogP contribution is -2.30. The number of ether oxygens (including phenoxy) is 2. The van der Waals surface area contributed by atoms with Crippen molar-refractivity contribution in [2.45, 2.75) is 13.0 Å². The van der Waals surface area contributed by atoms with E-state index in [1.54, 1.807) is 31.4 Å². The zero-order chi connectivity index (χ0) is 16.8. The van der Waals surface area contributed by atoms with Gasteiger partial charge in [-0.2, -0.15) is 0 Å². The number of anilines is 2. The van der Waals surface area contributed by atoms with Crippen LogP contribution in [0.5, 0.6) is 5.75 Å². The Hall–Kier alpha value is -3.09. The lowest BCUT2D eigenvalue weighted by atomic mass is 10.3. The van der Waals surface area contributed by atoms with Crippen molar-refractivity contribution in [3.05, 3.63) is 48.3 Å². The summed E-state index contributed by atoms with van der Waals surface area (Å²) in [6.07, 6.45) is 0.377. The fraction of sp³-hybridized carbons (Fsp3) is 0.188. The number of hydrogen-bond acceptors (Lipinski definition) is 6. The maximum atomic E-state index is 12.0. The molecule has 1 unspecified atom stereocenters. The monoisotopic (exact) mass is 315 g/mol. The molecule has 0 saturated heterocycles. The predicted molar refractivity (Wildman–Crippen MR) is 85.2 cm³/mol. The molecule has 1 amide bonds. The normalized spacial score (nSPS) is 11.4. The molecule has 7 heteroatoms. The fourth-order valence-electron chi connectivity index (χ4n) is 1.72. The largest absolute Gasteiger partial charge is 0.497 e. The van der Waals surface area contributed by atoms with Gasteiger partial charge >= 0.3 is 5.97 Å². The second kappa shape index (κ2) is 7.26. The number of nitrogens with zero attached hydrogens (tertiary/aromatic N) is 1. The molecule has 7 nitrogen and oxygen atoms in total. The lowest BCUT2D eigenvalue weighted by Gasteiger charge is -2.13. The summed E-state index contributed by atoms with van der Waals surface area (Å²) in [5.74, 6) is -0.460.